The second-order valence-electron chi connectivity index (χ2n) is 7.63. The van der Waals surface area contributed by atoms with Crippen molar-refractivity contribution >= 4 is 17.7 Å². The molecule has 1 aliphatic rings. The van der Waals surface area contributed by atoms with Crippen LogP contribution in [0.1, 0.15) is 11.1 Å². The first-order valence-electron chi connectivity index (χ1n) is 10.7. The van der Waals surface area contributed by atoms with Gasteiger partial charge in [-0.2, -0.15) is 0 Å². The minimum atomic E-state index is -0.256. The van der Waals surface area contributed by atoms with Gasteiger partial charge in [-0.3, -0.25) is 10.2 Å². The van der Waals surface area contributed by atoms with Gasteiger partial charge in [-0.15, -0.1) is 0 Å². The van der Waals surface area contributed by atoms with Crippen molar-refractivity contribution in [3.05, 3.63) is 84.2 Å². The van der Waals surface area contributed by atoms with Gasteiger partial charge in [-0.1, -0.05) is 60.7 Å². The summed E-state index contributed by atoms with van der Waals surface area (Å²) in [6.45, 7) is 5.27. The van der Waals surface area contributed by atoms with Crippen molar-refractivity contribution in [1.82, 2.24) is 20.2 Å². The summed E-state index contributed by atoms with van der Waals surface area (Å²) in [6.07, 6.45) is 2.29. The van der Waals surface area contributed by atoms with Crippen molar-refractivity contribution < 1.29 is 4.79 Å². The van der Waals surface area contributed by atoms with E-state index in [1.165, 1.54) is 17.5 Å². The Kier molecular flexibility index (Phi) is 7.08. The third-order valence-corrected chi connectivity index (χ3v) is 5.38. The van der Waals surface area contributed by atoms with Gasteiger partial charge in [0.25, 0.3) is 0 Å². The maximum Gasteiger partial charge on any atom is 0.320 e. The van der Waals surface area contributed by atoms with Crippen LogP contribution in [-0.4, -0.2) is 53.6 Å². The third-order valence-electron chi connectivity index (χ3n) is 5.38. The van der Waals surface area contributed by atoms with Crippen LogP contribution in [0.4, 0.5) is 16.4 Å². The number of amides is 2. The molecule has 0 saturated carbocycles. The van der Waals surface area contributed by atoms with Gasteiger partial charge in [-0.25, -0.2) is 14.8 Å². The maximum atomic E-state index is 12.2. The Morgan fingerprint density at radius 3 is 2.26 bits per heavy atom. The Bertz CT molecular complexity index is 958. The highest BCUT2D eigenvalue weighted by molar-refractivity contribution is 5.88. The van der Waals surface area contributed by atoms with Crippen molar-refractivity contribution in [2.75, 3.05) is 42.9 Å². The Morgan fingerprint density at radius 1 is 0.871 bits per heavy atom. The van der Waals surface area contributed by atoms with E-state index in [0.29, 0.717) is 12.4 Å². The van der Waals surface area contributed by atoms with Crippen LogP contribution in [0.3, 0.4) is 0 Å². The number of anilines is 2. The lowest BCUT2D eigenvalue weighted by molar-refractivity contribution is 0.249. The first-order valence-corrected chi connectivity index (χ1v) is 10.7. The number of nitrogens with zero attached hydrogens (tertiary/aromatic N) is 4. The fourth-order valence-corrected chi connectivity index (χ4v) is 3.69. The molecule has 0 bridgehead atoms. The number of carbonyl (C=O) groups excluding carboxylic acids is 1. The highest BCUT2D eigenvalue weighted by Crippen LogP contribution is 2.17. The standard InChI is InChI=1S/C24H28N6O/c31-24(25-12-11-20-7-3-1-4-8-20)28-22-17-23(27-19-26-22)30-15-13-29(14-16-30)18-21-9-5-2-6-10-21/h1-10,17,19H,11-16,18H2,(H2,25,26,27,28,31). The zero-order valence-electron chi connectivity index (χ0n) is 17.6. The molecule has 3 aromatic rings. The average Bonchev–Trinajstić information content (AvgIpc) is 2.81. The molecule has 2 amide bonds. The summed E-state index contributed by atoms with van der Waals surface area (Å²) in [5.74, 6) is 1.35. The molecule has 0 aliphatic carbocycles. The molecule has 160 valence electrons. The van der Waals surface area contributed by atoms with E-state index >= 15 is 0 Å². The summed E-state index contributed by atoms with van der Waals surface area (Å²) in [5.41, 5.74) is 2.53. The molecule has 0 spiro atoms. The van der Waals surface area contributed by atoms with E-state index in [4.69, 9.17) is 0 Å². The monoisotopic (exact) mass is 416 g/mol. The number of piperazine rings is 1. The number of rotatable bonds is 7. The fraction of sp³-hybridized carbons (Fsp3) is 0.292. The molecule has 2 aromatic carbocycles. The Balaban J connectivity index is 1.24. The van der Waals surface area contributed by atoms with Gasteiger partial charge in [0.15, 0.2) is 0 Å². The molecule has 1 aromatic heterocycles. The number of urea groups is 1. The molecule has 2 N–H and O–H groups in total. The Hall–Kier alpha value is -3.45. The van der Waals surface area contributed by atoms with Gasteiger partial charge in [-0.05, 0) is 17.5 Å². The SMILES string of the molecule is O=C(NCCc1ccccc1)Nc1cc(N2CCN(Cc3ccccc3)CC2)ncn1. The smallest absolute Gasteiger partial charge is 0.320 e. The quantitative estimate of drug-likeness (QED) is 0.619. The number of benzene rings is 2. The molecular formula is C24H28N6O. The van der Waals surface area contributed by atoms with Gasteiger partial charge in [0, 0.05) is 45.3 Å². The minimum Gasteiger partial charge on any atom is -0.354 e. The van der Waals surface area contributed by atoms with Crippen LogP contribution in [0.5, 0.6) is 0 Å². The van der Waals surface area contributed by atoms with Gasteiger partial charge in [0.05, 0.1) is 0 Å². The largest absolute Gasteiger partial charge is 0.354 e. The van der Waals surface area contributed by atoms with Crippen molar-refractivity contribution in [3.63, 3.8) is 0 Å². The number of nitrogens with one attached hydrogen (secondary N) is 2. The van der Waals surface area contributed by atoms with E-state index in [-0.39, 0.29) is 6.03 Å². The van der Waals surface area contributed by atoms with E-state index < -0.39 is 0 Å². The number of hydrogen-bond acceptors (Lipinski definition) is 5. The highest BCUT2D eigenvalue weighted by Gasteiger charge is 2.18. The van der Waals surface area contributed by atoms with Gasteiger partial charge < -0.3 is 10.2 Å². The molecule has 1 saturated heterocycles. The van der Waals surface area contributed by atoms with Gasteiger partial charge in [0.2, 0.25) is 0 Å². The summed E-state index contributed by atoms with van der Waals surface area (Å²) >= 11 is 0. The van der Waals surface area contributed by atoms with E-state index in [1.807, 2.05) is 30.3 Å². The summed E-state index contributed by atoms with van der Waals surface area (Å²) in [4.78, 5) is 25.5. The van der Waals surface area contributed by atoms with Crippen LogP contribution in [0.25, 0.3) is 0 Å². The second kappa shape index (κ2) is 10.5. The van der Waals surface area contributed by atoms with Crippen molar-refractivity contribution in [2.24, 2.45) is 0 Å². The lowest BCUT2D eigenvalue weighted by Gasteiger charge is -2.35. The van der Waals surface area contributed by atoms with Crippen LogP contribution in [-0.2, 0) is 13.0 Å². The Labute approximate surface area is 183 Å². The first kappa shape index (κ1) is 20.8. The first-order chi connectivity index (χ1) is 15.3. The topological polar surface area (TPSA) is 73.4 Å². The molecule has 0 unspecified atom stereocenters. The molecule has 1 aliphatic heterocycles. The minimum absolute atomic E-state index is 0.256. The molecule has 0 atom stereocenters. The molecule has 7 nitrogen and oxygen atoms in total. The van der Waals surface area contributed by atoms with Crippen LogP contribution in [0, 0.1) is 0 Å². The Morgan fingerprint density at radius 2 is 1.55 bits per heavy atom. The van der Waals surface area contributed by atoms with E-state index in [2.05, 4.69) is 66.8 Å². The van der Waals surface area contributed by atoms with Crippen LogP contribution >= 0.6 is 0 Å². The van der Waals surface area contributed by atoms with Crippen LogP contribution in [0.15, 0.2) is 73.1 Å². The van der Waals surface area contributed by atoms with E-state index in [9.17, 15) is 4.79 Å². The summed E-state index contributed by atoms with van der Waals surface area (Å²) in [6, 6.07) is 22.2. The molecule has 7 heteroatoms. The van der Waals surface area contributed by atoms with Crippen LogP contribution in [0.2, 0.25) is 0 Å². The zero-order valence-corrected chi connectivity index (χ0v) is 17.6. The molecule has 4 rings (SSSR count). The second-order valence-corrected chi connectivity index (χ2v) is 7.63. The normalized spacial score (nSPS) is 14.3. The van der Waals surface area contributed by atoms with E-state index in [1.54, 1.807) is 0 Å². The van der Waals surface area contributed by atoms with Crippen molar-refractivity contribution in [1.29, 1.82) is 0 Å². The maximum absolute atomic E-state index is 12.2. The van der Waals surface area contributed by atoms with Crippen molar-refractivity contribution in [3.8, 4) is 0 Å². The predicted molar refractivity (Wildman–Crippen MR) is 123 cm³/mol. The molecule has 0 radical (unpaired) electrons. The lowest BCUT2D eigenvalue weighted by Crippen LogP contribution is -2.46. The number of aromatic nitrogens is 2. The summed E-state index contributed by atoms with van der Waals surface area (Å²) < 4.78 is 0. The highest BCUT2D eigenvalue weighted by atomic mass is 16.2. The number of hydrogen-bond donors (Lipinski definition) is 2. The lowest BCUT2D eigenvalue weighted by atomic mass is 10.1. The molecule has 31 heavy (non-hydrogen) atoms. The van der Waals surface area contributed by atoms with Crippen molar-refractivity contribution in [2.45, 2.75) is 13.0 Å². The summed E-state index contributed by atoms with van der Waals surface area (Å²) in [7, 11) is 0. The third kappa shape index (κ3) is 6.26. The zero-order chi connectivity index (χ0) is 21.3. The van der Waals surface area contributed by atoms with Gasteiger partial charge in [0.1, 0.15) is 18.0 Å². The van der Waals surface area contributed by atoms with E-state index in [0.717, 1.165) is 45.0 Å². The molecular weight excluding hydrogens is 388 g/mol. The molecule has 1 fully saturated rings. The summed E-state index contributed by atoms with van der Waals surface area (Å²) in [5, 5.41) is 5.69. The fourth-order valence-electron chi connectivity index (χ4n) is 3.69. The predicted octanol–water partition coefficient (Wildman–Crippen LogP) is 3.16. The van der Waals surface area contributed by atoms with Crippen LogP contribution < -0.4 is 15.5 Å². The average molecular weight is 417 g/mol. The number of carbonyl (C=O) groups is 1. The molecule has 2 heterocycles. The van der Waals surface area contributed by atoms with Gasteiger partial charge >= 0.3 is 6.03 Å².